The quantitative estimate of drug-likeness (QED) is 0.862. The molecule has 0 aromatic heterocycles. The number of carboxylic acid groups (broad SMARTS) is 1. The summed E-state index contributed by atoms with van der Waals surface area (Å²) >= 11 is 0. The molecule has 21 heavy (non-hydrogen) atoms. The third-order valence-electron chi connectivity index (χ3n) is 3.70. The number of carbonyl (C=O) groups is 1. The van der Waals surface area contributed by atoms with Crippen LogP contribution in [0.2, 0.25) is 0 Å². The Hall–Kier alpha value is -1.41. The van der Waals surface area contributed by atoms with Crippen molar-refractivity contribution >= 4 is 25.6 Å². The Morgan fingerprint density at radius 2 is 1.62 bits per heavy atom. The SMILES string of the molecule is CS(=O)(=O)c1ccc(C2(CC(=O)O)CC2)cc1S(C)(=O)=O. The minimum Gasteiger partial charge on any atom is -0.481 e. The summed E-state index contributed by atoms with van der Waals surface area (Å²) in [5.74, 6) is -0.958. The third-order valence-corrected chi connectivity index (χ3v) is 6.12. The molecule has 2 rings (SSSR count). The minimum atomic E-state index is -3.73. The Bertz CT molecular complexity index is 801. The Morgan fingerprint density at radius 3 is 2.00 bits per heavy atom. The molecule has 0 aliphatic heterocycles. The fraction of sp³-hybridized carbons (Fsp3) is 0.462. The molecule has 1 aromatic rings. The van der Waals surface area contributed by atoms with Gasteiger partial charge in [-0.2, -0.15) is 0 Å². The fourth-order valence-corrected chi connectivity index (χ4v) is 4.86. The van der Waals surface area contributed by atoms with Gasteiger partial charge in [0, 0.05) is 17.9 Å². The lowest BCUT2D eigenvalue weighted by Crippen LogP contribution is -2.15. The molecule has 1 aliphatic rings. The second-order valence-corrected chi connectivity index (χ2v) is 9.53. The average Bonchev–Trinajstić information content (AvgIpc) is 3.06. The van der Waals surface area contributed by atoms with Gasteiger partial charge in [-0.3, -0.25) is 4.79 Å². The van der Waals surface area contributed by atoms with Crippen LogP contribution in [0.5, 0.6) is 0 Å². The van der Waals surface area contributed by atoms with Gasteiger partial charge in [0.05, 0.1) is 16.2 Å². The first-order valence-electron chi connectivity index (χ1n) is 6.22. The van der Waals surface area contributed by atoms with Crippen LogP contribution in [0.25, 0.3) is 0 Å². The molecule has 0 heterocycles. The lowest BCUT2D eigenvalue weighted by Gasteiger charge is -2.16. The summed E-state index contributed by atoms with van der Waals surface area (Å²) in [6, 6.07) is 4.08. The highest BCUT2D eigenvalue weighted by Crippen LogP contribution is 2.51. The van der Waals surface area contributed by atoms with Crippen molar-refractivity contribution < 1.29 is 26.7 Å². The summed E-state index contributed by atoms with van der Waals surface area (Å²) in [5.41, 5.74) is -0.000810. The minimum absolute atomic E-state index is 0.0889. The predicted octanol–water partition coefficient (Wildman–Crippen LogP) is 1.000. The highest BCUT2D eigenvalue weighted by Gasteiger charge is 2.46. The van der Waals surface area contributed by atoms with Crippen LogP contribution >= 0.6 is 0 Å². The van der Waals surface area contributed by atoms with E-state index < -0.39 is 31.1 Å². The number of aliphatic carboxylic acids is 1. The molecule has 1 saturated carbocycles. The zero-order valence-electron chi connectivity index (χ0n) is 11.7. The molecule has 0 saturated heterocycles. The van der Waals surface area contributed by atoms with Crippen LogP contribution in [-0.2, 0) is 29.9 Å². The molecule has 0 bridgehead atoms. The van der Waals surface area contributed by atoms with Gasteiger partial charge in [0.25, 0.3) is 0 Å². The predicted molar refractivity (Wildman–Crippen MR) is 75.8 cm³/mol. The van der Waals surface area contributed by atoms with Crippen LogP contribution in [0.4, 0.5) is 0 Å². The van der Waals surface area contributed by atoms with Crippen LogP contribution in [-0.4, -0.2) is 40.4 Å². The second kappa shape index (κ2) is 4.81. The van der Waals surface area contributed by atoms with E-state index in [2.05, 4.69) is 0 Å². The maximum atomic E-state index is 11.8. The average molecular weight is 332 g/mol. The Balaban J connectivity index is 2.62. The molecule has 0 atom stereocenters. The van der Waals surface area contributed by atoms with E-state index in [9.17, 15) is 21.6 Å². The molecule has 0 unspecified atom stereocenters. The highest BCUT2D eigenvalue weighted by atomic mass is 32.2. The van der Waals surface area contributed by atoms with Gasteiger partial charge in [0.15, 0.2) is 19.7 Å². The van der Waals surface area contributed by atoms with Gasteiger partial charge < -0.3 is 5.11 Å². The molecular weight excluding hydrogens is 316 g/mol. The van der Waals surface area contributed by atoms with E-state index in [1.54, 1.807) is 0 Å². The zero-order chi connectivity index (χ0) is 16.1. The van der Waals surface area contributed by atoms with E-state index in [0.717, 1.165) is 12.5 Å². The van der Waals surface area contributed by atoms with Gasteiger partial charge in [0.1, 0.15) is 0 Å². The van der Waals surface area contributed by atoms with Crippen LogP contribution in [0.1, 0.15) is 24.8 Å². The summed E-state index contributed by atoms with van der Waals surface area (Å²) in [6.45, 7) is 0. The summed E-state index contributed by atoms with van der Waals surface area (Å²) in [5, 5.41) is 8.95. The van der Waals surface area contributed by atoms with Gasteiger partial charge in [-0.15, -0.1) is 0 Å². The van der Waals surface area contributed by atoms with Crippen molar-refractivity contribution in [3.05, 3.63) is 23.8 Å². The first-order valence-corrected chi connectivity index (χ1v) is 10.0. The van der Waals surface area contributed by atoms with Gasteiger partial charge in [0.2, 0.25) is 0 Å². The molecule has 116 valence electrons. The standard InChI is InChI=1S/C13H16O6S2/c1-20(16,17)10-4-3-9(7-11(10)21(2,18)19)13(5-6-13)8-12(14)15/h3-4,7H,5-6,8H2,1-2H3,(H,14,15). The summed E-state index contributed by atoms with van der Waals surface area (Å²) in [6.07, 6.45) is 3.11. The van der Waals surface area contributed by atoms with E-state index in [1.807, 2.05) is 0 Å². The number of hydrogen-bond donors (Lipinski definition) is 1. The molecule has 1 aromatic carbocycles. The summed E-state index contributed by atoms with van der Waals surface area (Å²) < 4.78 is 47.1. The topological polar surface area (TPSA) is 106 Å². The molecule has 8 heteroatoms. The van der Waals surface area contributed by atoms with Crippen molar-refractivity contribution in [3.8, 4) is 0 Å². The van der Waals surface area contributed by atoms with E-state index in [-0.39, 0.29) is 16.2 Å². The molecule has 1 N–H and O–H groups in total. The Morgan fingerprint density at radius 1 is 1.10 bits per heavy atom. The van der Waals surface area contributed by atoms with Crippen molar-refractivity contribution in [2.24, 2.45) is 0 Å². The van der Waals surface area contributed by atoms with Gasteiger partial charge in [-0.25, -0.2) is 16.8 Å². The smallest absolute Gasteiger partial charge is 0.304 e. The number of sulfone groups is 2. The molecule has 0 radical (unpaired) electrons. The van der Waals surface area contributed by atoms with Gasteiger partial charge in [-0.05, 0) is 30.5 Å². The lowest BCUT2D eigenvalue weighted by atomic mass is 9.92. The van der Waals surface area contributed by atoms with Crippen LogP contribution in [0.3, 0.4) is 0 Å². The van der Waals surface area contributed by atoms with Gasteiger partial charge in [-0.1, -0.05) is 6.07 Å². The monoisotopic (exact) mass is 332 g/mol. The number of rotatable bonds is 5. The van der Waals surface area contributed by atoms with Crippen molar-refractivity contribution in [3.63, 3.8) is 0 Å². The van der Waals surface area contributed by atoms with E-state index in [0.29, 0.717) is 18.4 Å². The van der Waals surface area contributed by atoms with Crippen LogP contribution in [0, 0.1) is 0 Å². The Labute approximate surface area is 123 Å². The molecule has 0 spiro atoms. The lowest BCUT2D eigenvalue weighted by molar-refractivity contribution is -0.137. The molecule has 6 nitrogen and oxygen atoms in total. The van der Waals surface area contributed by atoms with Crippen LogP contribution in [0.15, 0.2) is 28.0 Å². The maximum Gasteiger partial charge on any atom is 0.304 e. The maximum absolute atomic E-state index is 11.8. The zero-order valence-corrected chi connectivity index (χ0v) is 13.3. The van der Waals surface area contributed by atoms with Crippen molar-refractivity contribution in [1.82, 2.24) is 0 Å². The molecular formula is C13H16O6S2. The molecule has 0 amide bonds. The normalized spacial score (nSPS) is 17.4. The largest absolute Gasteiger partial charge is 0.481 e. The first-order chi connectivity index (χ1) is 9.46. The number of benzene rings is 1. The van der Waals surface area contributed by atoms with E-state index in [1.165, 1.54) is 18.2 Å². The third kappa shape index (κ3) is 3.26. The fourth-order valence-electron chi connectivity index (χ4n) is 2.44. The van der Waals surface area contributed by atoms with Crippen molar-refractivity contribution in [2.75, 3.05) is 12.5 Å². The van der Waals surface area contributed by atoms with Gasteiger partial charge >= 0.3 is 5.97 Å². The molecule has 1 aliphatic carbocycles. The first kappa shape index (κ1) is 16.0. The van der Waals surface area contributed by atoms with Crippen molar-refractivity contribution in [1.29, 1.82) is 0 Å². The molecule has 1 fully saturated rings. The number of hydrogen-bond acceptors (Lipinski definition) is 5. The summed E-state index contributed by atoms with van der Waals surface area (Å²) in [4.78, 5) is 10.4. The highest BCUT2D eigenvalue weighted by molar-refractivity contribution is 7.93. The van der Waals surface area contributed by atoms with Crippen molar-refractivity contribution in [2.45, 2.75) is 34.5 Å². The Kier molecular flexibility index (Phi) is 3.66. The van der Waals surface area contributed by atoms with E-state index in [4.69, 9.17) is 5.11 Å². The second-order valence-electron chi connectivity index (χ2n) is 5.56. The number of carboxylic acids is 1. The van der Waals surface area contributed by atoms with E-state index >= 15 is 0 Å². The van der Waals surface area contributed by atoms with Crippen LogP contribution < -0.4 is 0 Å². The summed E-state index contributed by atoms with van der Waals surface area (Å²) in [7, 11) is -7.40.